The Labute approximate surface area is 144 Å². The van der Waals surface area contributed by atoms with Gasteiger partial charge in [0.1, 0.15) is 5.75 Å². The third-order valence-corrected chi connectivity index (χ3v) is 4.03. The van der Waals surface area contributed by atoms with Gasteiger partial charge in [-0.15, -0.1) is 0 Å². The maximum atomic E-state index is 12.2. The standard InChI is InChI=1S/C18H16N2O5/c21-17(19-12-5-6-15-16(9-12)25-11-24-15)7-8-20-13-3-1-2-4-14(13)23-10-18(20)22/h1-6,9H,7-8,10-11H2,(H,19,21). The van der Waals surface area contributed by atoms with Crippen LogP contribution in [0, 0.1) is 0 Å². The molecule has 0 saturated carbocycles. The highest BCUT2D eigenvalue weighted by Crippen LogP contribution is 2.34. The lowest BCUT2D eigenvalue weighted by atomic mass is 10.2. The number of nitrogens with one attached hydrogen (secondary N) is 1. The fraction of sp³-hybridized carbons (Fsp3) is 0.222. The average Bonchev–Trinajstić information content (AvgIpc) is 3.08. The molecule has 7 heteroatoms. The smallest absolute Gasteiger partial charge is 0.265 e. The lowest BCUT2D eigenvalue weighted by molar-refractivity contribution is -0.121. The number of amides is 2. The topological polar surface area (TPSA) is 77.1 Å². The normalized spacial score (nSPS) is 14.7. The quantitative estimate of drug-likeness (QED) is 0.923. The van der Waals surface area contributed by atoms with Crippen LogP contribution in [0.15, 0.2) is 42.5 Å². The highest BCUT2D eigenvalue weighted by atomic mass is 16.7. The molecule has 0 aliphatic carbocycles. The zero-order chi connectivity index (χ0) is 17.2. The first-order chi connectivity index (χ1) is 12.2. The number of ether oxygens (including phenoxy) is 3. The first kappa shape index (κ1) is 15.3. The highest BCUT2D eigenvalue weighted by Gasteiger charge is 2.25. The number of fused-ring (bicyclic) bond motifs is 2. The summed E-state index contributed by atoms with van der Waals surface area (Å²) in [5.74, 6) is 1.58. The van der Waals surface area contributed by atoms with Crippen LogP contribution in [0.2, 0.25) is 0 Å². The Kier molecular flexibility index (Phi) is 3.89. The van der Waals surface area contributed by atoms with Crippen LogP contribution in [0.1, 0.15) is 6.42 Å². The van der Waals surface area contributed by atoms with E-state index in [1.165, 1.54) is 0 Å². The second kappa shape index (κ2) is 6.35. The Hall–Kier alpha value is -3.22. The Morgan fingerprint density at radius 3 is 2.80 bits per heavy atom. The molecule has 0 bridgehead atoms. The van der Waals surface area contributed by atoms with E-state index < -0.39 is 0 Å². The van der Waals surface area contributed by atoms with E-state index in [-0.39, 0.29) is 38.2 Å². The fourth-order valence-electron chi connectivity index (χ4n) is 2.81. The lowest BCUT2D eigenvalue weighted by Crippen LogP contribution is -2.40. The van der Waals surface area contributed by atoms with Gasteiger partial charge in [0.05, 0.1) is 5.69 Å². The number of carbonyl (C=O) groups excluding carboxylic acids is 2. The molecule has 7 nitrogen and oxygen atoms in total. The molecule has 2 heterocycles. The third kappa shape index (κ3) is 3.08. The van der Waals surface area contributed by atoms with Crippen LogP contribution in [0.3, 0.4) is 0 Å². The number of para-hydroxylation sites is 2. The molecular formula is C18H16N2O5. The molecule has 0 aromatic heterocycles. The van der Waals surface area contributed by atoms with Crippen molar-refractivity contribution >= 4 is 23.2 Å². The van der Waals surface area contributed by atoms with Gasteiger partial charge in [-0.3, -0.25) is 9.59 Å². The highest BCUT2D eigenvalue weighted by molar-refractivity contribution is 5.99. The molecule has 4 rings (SSSR count). The van der Waals surface area contributed by atoms with Crippen LogP contribution in [0.5, 0.6) is 17.2 Å². The van der Waals surface area contributed by atoms with Crippen molar-refractivity contribution in [1.29, 1.82) is 0 Å². The number of carbonyl (C=O) groups is 2. The molecule has 0 fully saturated rings. The molecule has 0 saturated heterocycles. The van der Waals surface area contributed by atoms with E-state index in [0.29, 0.717) is 28.6 Å². The lowest BCUT2D eigenvalue weighted by Gasteiger charge is -2.29. The second-order valence-electron chi connectivity index (χ2n) is 5.67. The molecule has 2 amide bonds. The van der Waals surface area contributed by atoms with Gasteiger partial charge in [0.25, 0.3) is 5.91 Å². The van der Waals surface area contributed by atoms with Crippen LogP contribution in [0.25, 0.3) is 0 Å². The average molecular weight is 340 g/mol. The van der Waals surface area contributed by atoms with Gasteiger partial charge >= 0.3 is 0 Å². The third-order valence-electron chi connectivity index (χ3n) is 4.03. The van der Waals surface area contributed by atoms with E-state index >= 15 is 0 Å². The van der Waals surface area contributed by atoms with Gasteiger partial charge in [-0.25, -0.2) is 0 Å². The van der Waals surface area contributed by atoms with Crippen LogP contribution in [-0.2, 0) is 9.59 Å². The predicted octanol–water partition coefficient (Wildman–Crippen LogP) is 2.17. The second-order valence-corrected chi connectivity index (χ2v) is 5.67. The van der Waals surface area contributed by atoms with Crippen molar-refractivity contribution in [2.45, 2.75) is 6.42 Å². The zero-order valence-corrected chi connectivity index (χ0v) is 13.4. The van der Waals surface area contributed by atoms with Gasteiger partial charge in [0, 0.05) is 24.7 Å². The molecule has 128 valence electrons. The maximum Gasteiger partial charge on any atom is 0.265 e. The van der Waals surface area contributed by atoms with E-state index in [9.17, 15) is 9.59 Å². The van der Waals surface area contributed by atoms with E-state index in [4.69, 9.17) is 14.2 Å². The molecule has 1 N–H and O–H groups in total. The minimum Gasteiger partial charge on any atom is -0.482 e. The number of hydrogen-bond donors (Lipinski definition) is 1. The van der Waals surface area contributed by atoms with Crippen molar-refractivity contribution in [3.63, 3.8) is 0 Å². The number of hydrogen-bond acceptors (Lipinski definition) is 5. The maximum absolute atomic E-state index is 12.2. The molecule has 0 radical (unpaired) electrons. The molecule has 0 spiro atoms. The van der Waals surface area contributed by atoms with Gasteiger partial charge in [-0.2, -0.15) is 0 Å². The summed E-state index contributed by atoms with van der Waals surface area (Å²) in [6.45, 7) is 0.460. The fourth-order valence-corrected chi connectivity index (χ4v) is 2.81. The van der Waals surface area contributed by atoms with Gasteiger partial charge in [-0.05, 0) is 24.3 Å². The van der Waals surface area contributed by atoms with Gasteiger partial charge in [0.2, 0.25) is 12.7 Å². The largest absolute Gasteiger partial charge is 0.482 e. The minimum atomic E-state index is -0.185. The Morgan fingerprint density at radius 1 is 1.04 bits per heavy atom. The summed E-state index contributed by atoms with van der Waals surface area (Å²) < 4.78 is 15.9. The van der Waals surface area contributed by atoms with E-state index in [1.54, 1.807) is 23.1 Å². The summed E-state index contributed by atoms with van der Waals surface area (Å²) in [6, 6.07) is 12.5. The van der Waals surface area contributed by atoms with Gasteiger partial charge in [0.15, 0.2) is 18.1 Å². The number of benzene rings is 2. The summed E-state index contributed by atoms with van der Waals surface area (Å²) >= 11 is 0. The van der Waals surface area contributed by atoms with Crippen molar-refractivity contribution in [3.8, 4) is 17.2 Å². The summed E-state index contributed by atoms with van der Waals surface area (Å²) in [7, 11) is 0. The van der Waals surface area contributed by atoms with E-state index in [0.717, 1.165) is 0 Å². The zero-order valence-electron chi connectivity index (χ0n) is 13.4. The molecule has 0 unspecified atom stereocenters. The van der Waals surface area contributed by atoms with Crippen molar-refractivity contribution in [3.05, 3.63) is 42.5 Å². The summed E-state index contributed by atoms with van der Waals surface area (Å²) in [5, 5.41) is 2.81. The first-order valence-electron chi connectivity index (χ1n) is 7.92. The monoisotopic (exact) mass is 340 g/mol. The predicted molar refractivity (Wildman–Crippen MR) is 90.1 cm³/mol. The van der Waals surface area contributed by atoms with Crippen molar-refractivity contribution in [1.82, 2.24) is 0 Å². The molecular weight excluding hydrogens is 324 g/mol. The van der Waals surface area contributed by atoms with Crippen LogP contribution < -0.4 is 24.4 Å². The molecule has 2 aliphatic rings. The molecule has 2 aromatic carbocycles. The number of nitrogens with zero attached hydrogens (tertiary/aromatic N) is 1. The number of rotatable bonds is 4. The Morgan fingerprint density at radius 2 is 1.88 bits per heavy atom. The summed E-state index contributed by atoms with van der Waals surface area (Å²) in [4.78, 5) is 25.9. The van der Waals surface area contributed by atoms with Crippen LogP contribution in [-0.4, -0.2) is 31.8 Å². The Bertz CT molecular complexity index is 836. The van der Waals surface area contributed by atoms with Crippen molar-refractivity contribution < 1.29 is 23.8 Å². The first-order valence-corrected chi connectivity index (χ1v) is 7.92. The SMILES string of the molecule is O=C(CCN1C(=O)COc2ccccc21)Nc1ccc2c(c1)OCO2. The summed E-state index contributed by atoms with van der Waals surface area (Å²) in [6.07, 6.45) is 0.175. The van der Waals surface area contributed by atoms with Gasteiger partial charge < -0.3 is 24.4 Å². The van der Waals surface area contributed by atoms with Crippen molar-refractivity contribution in [2.24, 2.45) is 0 Å². The van der Waals surface area contributed by atoms with E-state index in [1.807, 2.05) is 24.3 Å². The summed E-state index contributed by atoms with van der Waals surface area (Å²) in [5.41, 5.74) is 1.32. The van der Waals surface area contributed by atoms with Crippen LogP contribution >= 0.6 is 0 Å². The Balaban J connectivity index is 1.40. The number of anilines is 2. The molecule has 0 atom stereocenters. The molecule has 25 heavy (non-hydrogen) atoms. The molecule has 2 aliphatic heterocycles. The molecule has 2 aromatic rings. The van der Waals surface area contributed by atoms with E-state index in [2.05, 4.69) is 5.32 Å². The van der Waals surface area contributed by atoms with Gasteiger partial charge in [-0.1, -0.05) is 12.1 Å². The van der Waals surface area contributed by atoms with Crippen molar-refractivity contribution in [2.75, 3.05) is 30.2 Å². The minimum absolute atomic E-state index is 0.0131. The van der Waals surface area contributed by atoms with Crippen LogP contribution in [0.4, 0.5) is 11.4 Å².